The molecule has 0 saturated carbocycles. The lowest BCUT2D eigenvalue weighted by Crippen LogP contribution is -2.23. The van der Waals surface area contributed by atoms with Gasteiger partial charge >= 0.3 is 6.18 Å². The third kappa shape index (κ3) is 4.28. The molecule has 0 aliphatic carbocycles. The van der Waals surface area contributed by atoms with Gasteiger partial charge in [0.25, 0.3) is 0 Å². The number of fused-ring (bicyclic) bond motifs is 2. The van der Waals surface area contributed by atoms with Crippen molar-refractivity contribution in [2.45, 2.75) is 19.1 Å². The fraction of sp³-hybridized carbons (Fsp3) is 0.160. The summed E-state index contributed by atoms with van der Waals surface area (Å²) < 4.78 is 41.2. The molecule has 0 fully saturated rings. The Morgan fingerprint density at radius 1 is 0.914 bits per heavy atom. The van der Waals surface area contributed by atoms with Gasteiger partial charge in [0, 0.05) is 11.9 Å². The number of nitrogens with zero attached hydrogens (tertiary/aromatic N) is 4. The average molecular weight is 497 g/mol. The van der Waals surface area contributed by atoms with Crippen LogP contribution in [0.3, 0.4) is 0 Å². The summed E-state index contributed by atoms with van der Waals surface area (Å²) in [6.45, 7) is 1.81. The van der Waals surface area contributed by atoms with Crippen LogP contribution < -0.4 is 5.32 Å². The topological polar surface area (TPSA) is 71.4 Å². The molecule has 178 valence electrons. The van der Waals surface area contributed by atoms with Crippen LogP contribution in [0.15, 0.2) is 66.9 Å². The van der Waals surface area contributed by atoms with Crippen molar-refractivity contribution in [2.24, 2.45) is 0 Å². The highest BCUT2D eigenvalue weighted by molar-refractivity contribution is 5.94. The summed E-state index contributed by atoms with van der Waals surface area (Å²) in [5, 5.41) is 20.1. The Morgan fingerprint density at radius 2 is 1.77 bits per heavy atom. The predicted octanol–water partition coefficient (Wildman–Crippen LogP) is 5.56. The Bertz CT molecular complexity index is 1520. The minimum absolute atomic E-state index is 0. The minimum atomic E-state index is -4.40. The van der Waals surface area contributed by atoms with E-state index in [1.165, 1.54) is 17.2 Å². The highest BCUT2D eigenvalue weighted by Gasteiger charge is 2.30. The maximum absolute atomic E-state index is 13.2. The van der Waals surface area contributed by atoms with Crippen LogP contribution in [0, 0.1) is 0 Å². The van der Waals surface area contributed by atoms with Crippen molar-refractivity contribution in [1.29, 1.82) is 0 Å². The summed E-state index contributed by atoms with van der Waals surface area (Å²) in [5.41, 5.74) is 5.88. The molecule has 10 heteroatoms. The van der Waals surface area contributed by atoms with Gasteiger partial charge in [0.15, 0.2) is 0 Å². The smallest absolute Gasteiger partial charge is 0.312 e. The summed E-state index contributed by atoms with van der Waals surface area (Å²) >= 11 is 0. The second-order valence-corrected chi connectivity index (χ2v) is 8.34. The van der Waals surface area contributed by atoms with E-state index in [1.54, 1.807) is 16.8 Å². The zero-order valence-corrected chi connectivity index (χ0v) is 19.1. The van der Waals surface area contributed by atoms with Crippen LogP contribution >= 0.6 is 12.4 Å². The highest BCUT2D eigenvalue weighted by Crippen LogP contribution is 2.34. The molecule has 5 aromatic rings. The number of aromatic nitrogens is 5. The number of aromatic amines is 1. The van der Waals surface area contributed by atoms with Crippen LogP contribution in [0.5, 0.6) is 0 Å². The largest absolute Gasteiger partial charge is 0.416 e. The summed E-state index contributed by atoms with van der Waals surface area (Å²) in [5.74, 6) is 0. The second-order valence-electron chi connectivity index (χ2n) is 8.34. The summed E-state index contributed by atoms with van der Waals surface area (Å²) in [4.78, 5) is 0. The number of nitrogens with one attached hydrogen (secondary N) is 2. The normalized spacial score (nSPS) is 13.5. The van der Waals surface area contributed by atoms with Gasteiger partial charge in [0.1, 0.15) is 11.4 Å². The van der Waals surface area contributed by atoms with Gasteiger partial charge in [-0.25, -0.2) is 4.68 Å². The van der Waals surface area contributed by atoms with Crippen molar-refractivity contribution < 1.29 is 13.2 Å². The van der Waals surface area contributed by atoms with E-state index in [0.717, 1.165) is 48.2 Å². The molecule has 6 nitrogen and oxygen atoms in total. The predicted molar refractivity (Wildman–Crippen MR) is 130 cm³/mol. The van der Waals surface area contributed by atoms with Gasteiger partial charge in [-0.05, 0) is 71.6 Å². The number of hydrogen-bond acceptors (Lipinski definition) is 4. The molecule has 1 aliphatic rings. The SMILES string of the molecule is Cl.FC(F)(F)c1cccc(-c2ccc3[nH]nc(-c4cn(-c5ccc6c(c5)CNCC6)nn4)c3c2)c1. The number of halogens is 4. The van der Waals surface area contributed by atoms with Gasteiger partial charge in [-0.1, -0.05) is 29.5 Å². The van der Waals surface area contributed by atoms with E-state index in [1.807, 2.05) is 24.4 Å². The Hall–Kier alpha value is -3.69. The van der Waals surface area contributed by atoms with E-state index < -0.39 is 11.7 Å². The monoisotopic (exact) mass is 496 g/mol. The number of alkyl halides is 3. The van der Waals surface area contributed by atoms with Crippen molar-refractivity contribution in [3.8, 4) is 28.2 Å². The van der Waals surface area contributed by atoms with Gasteiger partial charge in [-0.15, -0.1) is 17.5 Å². The van der Waals surface area contributed by atoms with Gasteiger partial charge < -0.3 is 5.32 Å². The summed E-state index contributed by atoms with van der Waals surface area (Å²) in [6, 6.07) is 17.0. The van der Waals surface area contributed by atoms with Crippen LogP contribution in [-0.2, 0) is 19.1 Å². The fourth-order valence-corrected chi connectivity index (χ4v) is 4.37. The maximum Gasteiger partial charge on any atom is 0.416 e. The van der Waals surface area contributed by atoms with Crippen LogP contribution in [0.25, 0.3) is 39.1 Å². The molecule has 3 heterocycles. The first-order chi connectivity index (χ1) is 16.5. The van der Waals surface area contributed by atoms with Crippen LogP contribution in [0.4, 0.5) is 13.2 Å². The van der Waals surface area contributed by atoms with Gasteiger partial charge in [-0.2, -0.15) is 18.3 Å². The third-order valence-electron chi connectivity index (χ3n) is 6.16. The van der Waals surface area contributed by atoms with E-state index in [4.69, 9.17) is 0 Å². The van der Waals surface area contributed by atoms with E-state index in [0.29, 0.717) is 22.5 Å². The fourth-order valence-electron chi connectivity index (χ4n) is 4.37. The molecular weight excluding hydrogens is 477 g/mol. The number of rotatable bonds is 3. The maximum atomic E-state index is 13.2. The molecule has 0 saturated heterocycles. The lowest BCUT2D eigenvalue weighted by atomic mass is 10.0. The van der Waals surface area contributed by atoms with E-state index in [9.17, 15) is 13.2 Å². The molecule has 1 aliphatic heterocycles. The van der Waals surface area contributed by atoms with Crippen molar-refractivity contribution in [1.82, 2.24) is 30.5 Å². The van der Waals surface area contributed by atoms with E-state index in [-0.39, 0.29) is 12.4 Å². The van der Waals surface area contributed by atoms with E-state index >= 15 is 0 Å². The summed E-state index contributed by atoms with van der Waals surface area (Å²) in [7, 11) is 0. The quantitative estimate of drug-likeness (QED) is 0.343. The van der Waals surface area contributed by atoms with Gasteiger partial charge in [0.05, 0.1) is 23.0 Å². The molecule has 3 aromatic carbocycles. The molecule has 0 spiro atoms. The molecule has 0 atom stereocenters. The Kier molecular flexibility index (Phi) is 5.82. The standard InChI is InChI=1S/C25H19F3N6.ClH/c26-25(27,28)19-3-1-2-16(10-19)17-5-7-22-21(12-17)24(32-30-22)23-14-34(33-31-23)20-6-4-15-8-9-29-13-18(15)11-20;/h1-7,10-12,14,29H,8-9,13H2,(H,30,32);1H. The molecule has 0 radical (unpaired) electrons. The van der Waals surface area contributed by atoms with Crippen LogP contribution in [-0.4, -0.2) is 31.7 Å². The number of H-pyrrole nitrogens is 1. The molecular formula is C25H20ClF3N6. The number of benzene rings is 3. The molecule has 6 rings (SSSR count). The molecule has 2 aromatic heterocycles. The molecule has 0 unspecified atom stereocenters. The summed E-state index contributed by atoms with van der Waals surface area (Å²) in [6.07, 6.45) is -1.58. The first-order valence-electron chi connectivity index (χ1n) is 10.9. The first kappa shape index (κ1) is 23.1. The van der Waals surface area contributed by atoms with Gasteiger partial charge in [-0.3, -0.25) is 5.10 Å². The zero-order chi connectivity index (χ0) is 23.3. The van der Waals surface area contributed by atoms with E-state index in [2.05, 4.69) is 38.0 Å². The van der Waals surface area contributed by atoms with Crippen molar-refractivity contribution >= 4 is 23.3 Å². The highest BCUT2D eigenvalue weighted by atomic mass is 35.5. The lowest BCUT2D eigenvalue weighted by Gasteiger charge is -2.17. The third-order valence-corrected chi connectivity index (χ3v) is 6.16. The molecule has 35 heavy (non-hydrogen) atoms. The van der Waals surface area contributed by atoms with Gasteiger partial charge in [0.2, 0.25) is 0 Å². The second kappa shape index (κ2) is 8.83. The number of hydrogen-bond donors (Lipinski definition) is 2. The molecule has 0 amide bonds. The van der Waals surface area contributed by atoms with Crippen molar-refractivity contribution in [3.63, 3.8) is 0 Å². The Balaban J connectivity index is 0.00000253. The molecule has 2 N–H and O–H groups in total. The Morgan fingerprint density at radius 3 is 2.63 bits per heavy atom. The minimum Gasteiger partial charge on any atom is -0.312 e. The molecule has 0 bridgehead atoms. The Labute approximate surface area is 204 Å². The average Bonchev–Trinajstić information content (AvgIpc) is 3.50. The zero-order valence-electron chi connectivity index (χ0n) is 18.3. The van der Waals surface area contributed by atoms with Crippen molar-refractivity contribution in [2.75, 3.05) is 6.54 Å². The van der Waals surface area contributed by atoms with Crippen LogP contribution in [0.1, 0.15) is 16.7 Å². The first-order valence-corrected chi connectivity index (χ1v) is 10.9. The van der Waals surface area contributed by atoms with Crippen LogP contribution in [0.2, 0.25) is 0 Å². The van der Waals surface area contributed by atoms with Crippen molar-refractivity contribution in [3.05, 3.63) is 83.6 Å². The lowest BCUT2D eigenvalue weighted by molar-refractivity contribution is -0.137.